The summed E-state index contributed by atoms with van der Waals surface area (Å²) in [6.45, 7) is 10.2. The second-order valence-electron chi connectivity index (χ2n) is 6.28. The Morgan fingerprint density at radius 1 is 0.870 bits per heavy atom. The topological polar surface area (TPSA) is 60.7 Å². The van der Waals surface area contributed by atoms with Crippen LogP contribution in [0.5, 0.6) is 0 Å². The molecule has 23 heavy (non-hydrogen) atoms. The van der Waals surface area contributed by atoms with Crippen LogP contribution in [0.3, 0.4) is 0 Å². The number of aliphatic hydroxyl groups excluding tert-OH is 3. The Labute approximate surface area is 141 Å². The van der Waals surface area contributed by atoms with Crippen molar-refractivity contribution in [2.75, 3.05) is 13.2 Å². The average Bonchev–Trinajstić information content (AvgIpc) is 2.52. The van der Waals surface area contributed by atoms with Crippen LogP contribution in [0, 0.1) is 0 Å². The van der Waals surface area contributed by atoms with Crippen LogP contribution in [0.15, 0.2) is 47.1 Å². The van der Waals surface area contributed by atoms with E-state index in [0.29, 0.717) is 6.42 Å². The molecular weight excluding hydrogens is 288 g/mol. The van der Waals surface area contributed by atoms with E-state index < -0.39 is 6.10 Å². The van der Waals surface area contributed by atoms with Gasteiger partial charge in [0.1, 0.15) is 0 Å². The molecule has 0 aromatic heterocycles. The standard InChI is InChI=1S/C20H34O3/c1-16(7-5-9-18(3)15-22)8-6-10-19(4)20(23)12-11-17(2)13-14-21/h8-9,13,20-23H,4-7,10-12,14-15H2,1-3H3. The van der Waals surface area contributed by atoms with E-state index in [-0.39, 0.29) is 13.2 Å². The summed E-state index contributed by atoms with van der Waals surface area (Å²) in [4.78, 5) is 0. The molecule has 0 radical (unpaired) electrons. The Morgan fingerprint density at radius 2 is 1.43 bits per heavy atom. The van der Waals surface area contributed by atoms with Crippen LogP contribution < -0.4 is 0 Å². The van der Waals surface area contributed by atoms with Gasteiger partial charge in [-0.05, 0) is 64.9 Å². The molecule has 0 aliphatic carbocycles. The fourth-order valence-corrected chi connectivity index (χ4v) is 2.21. The smallest absolute Gasteiger partial charge is 0.0750 e. The van der Waals surface area contributed by atoms with E-state index in [1.165, 1.54) is 5.57 Å². The predicted molar refractivity (Wildman–Crippen MR) is 98.3 cm³/mol. The summed E-state index contributed by atoms with van der Waals surface area (Å²) < 4.78 is 0. The van der Waals surface area contributed by atoms with Crippen molar-refractivity contribution < 1.29 is 15.3 Å². The Balaban J connectivity index is 4.03. The first kappa shape index (κ1) is 21.8. The minimum atomic E-state index is -0.471. The number of rotatable bonds is 12. The molecule has 0 rings (SSSR count). The number of hydrogen-bond donors (Lipinski definition) is 3. The maximum Gasteiger partial charge on any atom is 0.0750 e. The van der Waals surface area contributed by atoms with Crippen LogP contribution in [-0.2, 0) is 0 Å². The second-order valence-corrected chi connectivity index (χ2v) is 6.28. The predicted octanol–water partition coefficient (Wildman–Crippen LogP) is 4.07. The van der Waals surface area contributed by atoms with Gasteiger partial charge in [0.2, 0.25) is 0 Å². The van der Waals surface area contributed by atoms with E-state index in [2.05, 4.69) is 25.7 Å². The van der Waals surface area contributed by atoms with Crippen molar-refractivity contribution >= 4 is 0 Å². The maximum absolute atomic E-state index is 10.1. The van der Waals surface area contributed by atoms with Crippen molar-refractivity contribution in [1.29, 1.82) is 0 Å². The molecule has 3 heteroatoms. The molecule has 1 atom stereocenters. The van der Waals surface area contributed by atoms with E-state index in [1.807, 2.05) is 13.8 Å². The summed E-state index contributed by atoms with van der Waals surface area (Å²) in [7, 11) is 0. The lowest BCUT2D eigenvalue weighted by molar-refractivity contribution is 0.197. The van der Waals surface area contributed by atoms with Gasteiger partial charge in [0.25, 0.3) is 0 Å². The highest BCUT2D eigenvalue weighted by atomic mass is 16.3. The quantitative estimate of drug-likeness (QED) is 0.475. The average molecular weight is 322 g/mol. The molecule has 0 aliphatic rings. The third-order valence-electron chi connectivity index (χ3n) is 3.96. The third kappa shape index (κ3) is 12.0. The van der Waals surface area contributed by atoms with Crippen LogP contribution in [0.1, 0.15) is 59.3 Å². The lowest BCUT2D eigenvalue weighted by Crippen LogP contribution is -2.09. The van der Waals surface area contributed by atoms with Gasteiger partial charge in [0.05, 0.1) is 19.3 Å². The fourth-order valence-electron chi connectivity index (χ4n) is 2.21. The molecule has 0 amide bonds. The fraction of sp³-hybridized carbons (Fsp3) is 0.600. The molecular formula is C20H34O3. The van der Waals surface area contributed by atoms with Gasteiger partial charge in [-0.1, -0.05) is 41.5 Å². The summed E-state index contributed by atoms with van der Waals surface area (Å²) >= 11 is 0. The Hall–Kier alpha value is -1.16. The van der Waals surface area contributed by atoms with E-state index >= 15 is 0 Å². The summed E-state index contributed by atoms with van der Waals surface area (Å²) in [5.74, 6) is 0. The van der Waals surface area contributed by atoms with Gasteiger partial charge in [-0.2, -0.15) is 0 Å². The molecule has 132 valence electrons. The SMILES string of the molecule is C=C(CCC=C(C)CCC=C(C)CO)C(O)CCC(C)=CCO. The normalized spacial score (nSPS) is 15.0. The summed E-state index contributed by atoms with van der Waals surface area (Å²) in [5.41, 5.74) is 4.32. The molecule has 3 N–H and O–H groups in total. The van der Waals surface area contributed by atoms with Gasteiger partial charge < -0.3 is 15.3 Å². The molecule has 0 aromatic carbocycles. The molecule has 0 saturated carbocycles. The molecule has 0 spiro atoms. The molecule has 0 saturated heterocycles. The molecule has 0 fully saturated rings. The first-order chi connectivity index (χ1) is 10.9. The van der Waals surface area contributed by atoms with Crippen LogP contribution >= 0.6 is 0 Å². The first-order valence-electron chi connectivity index (χ1n) is 8.45. The van der Waals surface area contributed by atoms with E-state index in [0.717, 1.165) is 48.8 Å². The molecule has 1 unspecified atom stereocenters. The third-order valence-corrected chi connectivity index (χ3v) is 3.96. The zero-order chi connectivity index (χ0) is 17.7. The Kier molecular flexibility index (Phi) is 12.6. The molecule has 0 heterocycles. The van der Waals surface area contributed by atoms with Gasteiger partial charge in [-0.3, -0.25) is 0 Å². The van der Waals surface area contributed by atoms with E-state index in [9.17, 15) is 5.11 Å². The van der Waals surface area contributed by atoms with Crippen molar-refractivity contribution in [3.8, 4) is 0 Å². The van der Waals surface area contributed by atoms with Crippen LogP contribution in [-0.4, -0.2) is 34.6 Å². The van der Waals surface area contributed by atoms with E-state index in [1.54, 1.807) is 6.08 Å². The lowest BCUT2D eigenvalue weighted by atomic mass is 9.99. The molecule has 0 aliphatic heterocycles. The highest BCUT2D eigenvalue weighted by Crippen LogP contribution is 2.17. The van der Waals surface area contributed by atoms with Gasteiger partial charge in [-0.15, -0.1) is 0 Å². The Bertz CT molecular complexity index is 430. The lowest BCUT2D eigenvalue weighted by Gasteiger charge is -2.13. The summed E-state index contributed by atoms with van der Waals surface area (Å²) in [5, 5.41) is 27.8. The van der Waals surface area contributed by atoms with Crippen molar-refractivity contribution in [2.24, 2.45) is 0 Å². The van der Waals surface area contributed by atoms with Gasteiger partial charge in [-0.25, -0.2) is 0 Å². The van der Waals surface area contributed by atoms with Crippen molar-refractivity contribution in [3.05, 3.63) is 47.1 Å². The Morgan fingerprint density at radius 3 is 2.04 bits per heavy atom. The monoisotopic (exact) mass is 322 g/mol. The van der Waals surface area contributed by atoms with Crippen LogP contribution in [0.4, 0.5) is 0 Å². The number of hydrogen-bond acceptors (Lipinski definition) is 3. The minimum absolute atomic E-state index is 0.0555. The molecule has 0 bridgehead atoms. The van der Waals surface area contributed by atoms with Crippen molar-refractivity contribution in [3.63, 3.8) is 0 Å². The number of allylic oxidation sites excluding steroid dienone is 4. The molecule has 3 nitrogen and oxygen atoms in total. The van der Waals surface area contributed by atoms with Gasteiger partial charge in [0.15, 0.2) is 0 Å². The highest BCUT2D eigenvalue weighted by Gasteiger charge is 2.08. The first-order valence-corrected chi connectivity index (χ1v) is 8.45. The number of aliphatic hydroxyl groups is 3. The molecule has 0 aromatic rings. The van der Waals surface area contributed by atoms with Gasteiger partial charge >= 0.3 is 0 Å². The summed E-state index contributed by atoms with van der Waals surface area (Å²) in [6.07, 6.45) is 10.7. The van der Waals surface area contributed by atoms with Crippen LogP contribution in [0.2, 0.25) is 0 Å². The van der Waals surface area contributed by atoms with E-state index in [4.69, 9.17) is 10.2 Å². The van der Waals surface area contributed by atoms with Crippen molar-refractivity contribution in [1.82, 2.24) is 0 Å². The largest absolute Gasteiger partial charge is 0.392 e. The second kappa shape index (κ2) is 13.3. The van der Waals surface area contributed by atoms with Gasteiger partial charge in [0, 0.05) is 0 Å². The highest BCUT2D eigenvalue weighted by molar-refractivity contribution is 5.08. The summed E-state index contributed by atoms with van der Waals surface area (Å²) in [6, 6.07) is 0. The zero-order valence-corrected chi connectivity index (χ0v) is 15.0. The minimum Gasteiger partial charge on any atom is -0.392 e. The van der Waals surface area contributed by atoms with Crippen LogP contribution in [0.25, 0.3) is 0 Å². The van der Waals surface area contributed by atoms with Crippen molar-refractivity contribution in [2.45, 2.75) is 65.4 Å². The zero-order valence-electron chi connectivity index (χ0n) is 15.0. The maximum atomic E-state index is 10.1.